The van der Waals surface area contributed by atoms with E-state index in [0.717, 1.165) is 45.9 Å². The van der Waals surface area contributed by atoms with Gasteiger partial charge < -0.3 is 4.57 Å². The minimum atomic E-state index is -0.315. The lowest BCUT2D eigenvalue weighted by molar-refractivity contribution is 0.679. The molecule has 5 heteroatoms. The van der Waals surface area contributed by atoms with Crippen molar-refractivity contribution in [1.29, 1.82) is 0 Å². The highest BCUT2D eigenvalue weighted by atomic mass is 32.1. The van der Waals surface area contributed by atoms with Crippen LogP contribution in [0.2, 0.25) is 0 Å². The number of fused-ring (bicyclic) bond motifs is 14. The zero-order valence-corrected chi connectivity index (χ0v) is 38.4. The van der Waals surface area contributed by atoms with Gasteiger partial charge in [0.1, 0.15) is 5.69 Å². The van der Waals surface area contributed by atoms with Gasteiger partial charge in [-0.2, -0.15) is 0 Å². The summed E-state index contributed by atoms with van der Waals surface area (Å²) in [4.78, 5) is 11.2. The van der Waals surface area contributed by atoms with Crippen LogP contribution in [0.1, 0.15) is 41.9 Å². The first kappa shape index (κ1) is 38.0. The van der Waals surface area contributed by atoms with Crippen LogP contribution in [-0.4, -0.2) is 19.1 Å². The quantitative estimate of drug-likeness (QED) is 0.176. The highest BCUT2D eigenvalue weighted by Gasteiger charge is 2.40. The fourth-order valence-corrected chi connectivity index (χ4v) is 13.4. The molecule has 68 heavy (non-hydrogen) atoms. The largest absolute Gasteiger partial charge is 0.308 e. The third kappa shape index (κ3) is 5.09. The Bertz CT molecular complexity index is 4340. The average Bonchev–Trinajstić information content (AvgIpc) is 4.06. The standard InChI is InChI=1S/C63H42N4S/c1-37-29-33-52-53(35-37)65-62(58(64-52)48-23-13-22-47-43-18-7-11-28-57(43)68-61(47)48)66-54-26-9-6-17-42(54)49-36-38(30-34-55(49)66)40-19-12-20-44-41(40)31-32-46-45-21-14-25-51-60(45)67(59(44)46)56-27-10-8-24-50(56)63(51,2)39-15-4-3-5-16-39/h3-34,36-37H,35H2,1-2H3. The van der Waals surface area contributed by atoms with Crippen molar-refractivity contribution in [3.05, 3.63) is 222 Å². The van der Waals surface area contributed by atoms with Crippen LogP contribution in [0, 0.1) is 5.92 Å². The van der Waals surface area contributed by atoms with Crippen molar-refractivity contribution in [2.75, 3.05) is 0 Å². The number of benzene rings is 9. The minimum Gasteiger partial charge on any atom is -0.308 e. The van der Waals surface area contributed by atoms with Crippen LogP contribution in [0.3, 0.4) is 0 Å². The Morgan fingerprint density at radius 1 is 0.529 bits per heavy atom. The molecule has 13 aromatic rings. The summed E-state index contributed by atoms with van der Waals surface area (Å²) in [6.07, 6.45) is 5.30. The molecule has 9 aromatic carbocycles. The smallest absolute Gasteiger partial charge is 0.164 e. The maximum Gasteiger partial charge on any atom is 0.164 e. The number of allylic oxidation sites excluding steroid dienone is 1. The first-order valence-electron chi connectivity index (χ1n) is 23.7. The number of hydrogen-bond donors (Lipinski definition) is 0. The molecule has 1 aliphatic carbocycles. The van der Waals surface area contributed by atoms with Gasteiger partial charge in [0.2, 0.25) is 0 Å². The van der Waals surface area contributed by atoms with Crippen LogP contribution in [0.4, 0.5) is 0 Å². The monoisotopic (exact) mass is 886 g/mol. The minimum absolute atomic E-state index is 0.315. The van der Waals surface area contributed by atoms with Crippen molar-refractivity contribution in [2.45, 2.75) is 25.7 Å². The van der Waals surface area contributed by atoms with Crippen LogP contribution in [-0.2, 0) is 11.8 Å². The summed E-state index contributed by atoms with van der Waals surface area (Å²) in [7, 11) is 0. The maximum atomic E-state index is 5.63. The molecule has 4 nitrogen and oxygen atoms in total. The number of para-hydroxylation sites is 3. The molecule has 0 fully saturated rings. The molecule has 15 rings (SSSR count). The Labute approximate surface area is 396 Å². The molecule has 320 valence electrons. The zero-order valence-electron chi connectivity index (χ0n) is 37.5. The Hall–Kier alpha value is -8.12. The van der Waals surface area contributed by atoms with Crippen molar-refractivity contribution in [1.82, 2.24) is 19.1 Å². The van der Waals surface area contributed by atoms with E-state index in [0.29, 0.717) is 5.92 Å². The fourth-order valence-electron chi connectivity index (χ4n) is 12.2. The zero-order chi connectivity index (χ0) is 44.8. The van der Waals surface area contributed by atoms with E-state index in [-0.39, 0.29) is 5.41 Å². The number of rotatable bonds is 4. The second kappa shape index (κ2) is 14.0. The molecule has 0 spiro atoms. The first-order valence-corrected chi connectivity index (χ1v) is 24.5. The summed E-state index contributed by atoms with van der Waals surface area (Å²) in [5.74, 6) is 1.26. The highest BCUT2D eigenvalue weighted by Crippen LogP contribution is 2.52. The van der Waals surface area contributed by atoms with Crippen LogP contribution in [0.25, 0.3) is 115 Å². The Morgan fingerprint density at radius 3 is 2.10 bits per heavy atom. The van der Waals surface area contributed by atoms with Crippen LogP contribution >= 0.6 is 11.3 Å². The molecule has 1 aliphatic heterocycles. The lowest BCUT2D eigenvalue weighted by Crippen LogP contribution is -2.30. The van der Waals surface area contributed by atoms with E-state index >= 15 is 0 Å². The van der Waals surface area contributed by atoms with E-state index in [2.05, 4.69) is 223 Å². The van der Waals surface area contributed by atoms with Gasteiger partial charge in [-0.3, -0.25) is 4.57 Å². The van der Waals surface area contributed by atoms with Crippen LogP contribution in [0.15, 0.2) is 194 Å². The van der Waals surface area contributed by atoms with Crippen molar-refractivity contribution >= 4 is 92.0 Å². The van der Waals surface area contributed by atoms with Gasteiger partial charge in [-0.1, -0.05) is 171 Å². The lowest BCUT2D eigenvalue weighted by Gasteiger charge is -2.38. The van der Waals surface area contributed by atoms with E-state index in [4.69, 9.17) is 9.97 Å². The number of nitrogens with zero attached hydrogens (tertiary/aromatic N) is 4. The van der Waals surface area contributed by atoms with E-state index in [1.54, 1.807) is 0 Å². The van der Waals surface area contributed by atoms with Gasteiger partial charge >= 0.3 is 0 Å². The number of aromatic nitrogens is 4. The molecule has 2 aliphatic rings. The van der Waals surface area contributed by atoms with Gasteiger partial charge in [0, 0.05) is 58.1 Å². The third-order valence-electron chi connectivity index (χ3n) is 15.3. The fraction of sp³-hybridized carbons (Fsp3) is 0.0794. The number of thiophene rings is 1. The second-order valence-electron chi connectivity index (χ2n) is 19.0. The predicted octanol–water partition coefficient (Wildman–Crippen LogP) is 16.4. The van der Waals surface area contributed by atoms with Gasteiger partial charge in [-0.15, -0.1) is 11.3 Å². The van der Waals surface area contributed by atoms with Gasteiger partial charge in [-0.05, 0) is 88.9 Å². The highest BCUT2D eigenvalue weighted by molar-refractivity contribution is 7.26. The van der Waals surface area contributed by atoms with Gasteiger partial charge in [-0.25, -0.2) is 9.97 Å². The second-order valence-corrected chi connectivity index (χ2v) is 20.1. The molecule has 0 amide bonds. The predicted molar refractivity (Wildman–Crippen MR) is 286 cm³/mol. The van der Waals surface area contributed by atoms with E-state index in [1.165, 1.54) is 97.0 Å². The average molecular weight is 887 g/mol. The Kier molecular flexibility index (Phi) is 7.81. The summed E-state index contributed by atoms with van der Waals surface area (Å²) in [6.45, 7) is 4.67. The van der Waals surface area contributed by atoms with Crippen molar-refractivity contribution in [3.63, 3.8) is 0 Å². The van der Waals surface area contributed by atoms with E-state index in [9.17, 15) is 0 Å². The van der Waals surface area contributed by atoms with E-state index < -0.39 is 0 Å². The Balaban J connectivity index is 0.962. The molecule has 0 N–H and O–H groups in total. The molecule has 4 aromatic heterocycles. The molecule has 0 radical (unpaired) electrons. The van der Waals surface area contributed by atoms with E-state index in [1.807, 2.05) is 11.3 Å². The molecular weight excluding hydrogens is 845 g/mol. The van der Waals surface area contributed by atoms with Crippen molar-refractivity contribution in [2.24, 2.45) is 5.92 Å². The molecule has 0 saturated carbocycles. The molecular formula is C63H42N4S. The SMILES string of the molecule is CC1C=Cc2nc(-c3cccc4c3sc3ccccc34)c(-n3c4ccccc4c4cc(-c5cccc6c5ccc5c7cccc8c7n(c65)-c5ccccc5C8(C)c5ccccc5)ccc43)nc2C1. The summed E-state index contributed by atoms with van der Waals surface area (Å²) in [5, 5.41) is 9.96. The van der Waals surface area contributed by atoms with Gasteiger partial charge in [0.15, 0.2) is 5.82 Å². The van der Waals surface area contributed by atoms with Crippen LogP contribution in [0.5, 0.6) is 0 Å². The molecule has 5 heterocycles. The summed E-state index contributed by atoms with van der Waals surface area (Å²) < 4.78 is 7.46. The molecule has 0 bridgehead atoms. The van der Waals surface area contributed by atoms with Crippen LogP contribution < -0.4 is 0 Å². The third-order valence-corrected chi connectivity index (χ3v) is 16.5. The normalized spacial score (nSPS) is 16.5. The molecule has 2 unspecified atom stereocenters. The van der Waals surface area contributed by atoms with Gasteiger partial charge in [0.25, 0.3) is 0 Å². The molecule has 2 atom stereocenters. The van der Waals surface area contributed by atoms with Gasteiger partial charge in [0.05, 0.1) is 39.1 Å². The topological polar surface area (TPSA) is 35.6 Å². The van der Waals surface area contributed by atoms with Crippen molar-refractivity contribution in [3.8, 4) is 33.9 Å². The first-order chi connectivity index (χ1) is 33.5. The Morgan fingerprint density at radius 2 is 1.21 bits per heavy atom. The summed E-state index contributed by atoms with van der Waals surface area (Å²) in [6, 6.07) is 69.8. The maximum absolute atomic E-state index is 5.63. The molecule has 0 saturated heterocycles. The number of hydrogen-bond acceptors (Lipinski definition) is 3. The summed E-state index contributed by atoms with van der Waals surface area (Å²) >= 11 is 1.84. The lowest BCUT2D eigenvalue weighted by atomic mass is 9.68. The van der Waals surface area contributed by atoms with Crippen molar-refractivity contribution < 1.29 is 0 Å². The summed E-state index contributed by atoms with van der Waals surface area (Å²) in [5.41, 5.74) is 16.1.